The van der Waals surface area contributed by atoms with Gasteiger partial charge in [-0.1, -0.05) is 26.0 Å². The van der Waals surface area contributed by atoms with Crippen LogP contribution in [0.25, 0.3) is 0 Å². The van der Waals surface area contributed by atoms with E-state index in [4.69, 9.17) is 0 Å². The molecule has 1 amide bonds. The van der Waals surface area contributed by atoms with Crippen molar-refractivity contribution in [3.05, 3.63) is 34.5 Å². The van der Waals surface area contributed by atoms with Gasteiger partial charge in [0.25, 0.3) is 5.91 Å². The molecule has 1 spiro atoms. The molecule has 0 saturated heterocycles. The first kappa shape index (κ1) is 18.9. The van der Waals surface area contributed by atoms with Crippen molar-refractivity contribution in [3.8, 4) is 0 Å². The van der Waals surface area contributed by atoms with Crippen LogP contribution in [0.2, 0.25) is 0 Å². The number of fused-ring (bicyclic) bond motifs is 3. The lowest BCUT2D eigenvalue weighted by Crippen LogP contribution is -2.64. The average molecular weight is 400 g/mol. The minimum atomic E-state index is -0.606. The number of hydrogen-bond acceptors (Lipinski definition) is 3. The van der Waals surface area contributed by atoms with Crippen molar-refractivity contribution in [1.82, 2.24) is 5.32 Å². The summed E-state index contributed by atoms with van der Waals surface area (Å²) in [5, 5.41) is 16.5. The summed E-state index contributed by atoms with van der Waals surface area (Å²) in [4.78, 5) is 13.7. The molecule has 28 heavy (non-hydrogen) atoms. The number of nitrogens with one attached hydrogen (secondary N) is 1. The Bertz CT molecular complexity index is 819. The van der Waals surface area contributed by atoms with E-state index in [1.54, 1.807) is 0 Å². The van der Waals surface area contributed by atoms with E-state index in [-0.39, 0.29) is 22.3 Å². The molecule has 1 aromatic rings. The van der Waals surface area contributed by atoms with Crippen molar-refractivity contribution in [2.24, 2.45) is 22.7 Å². The Labute approximate surface area is 172 Å². The number of hydrogen-bond donors (Lipinski definition) is 2. The molecule has 2 bridgehead atoms. The molecule has 0 radical (unpaired) electrons. The molecule has 2 N–H and O–H groups in total. The first-order valence-electron chi connectivity index (χ1n) is 11.0. The number of amides is 1. The van der Waals surface area contributed by atoms with Crippen molar-refractivity contribution in [2.45, 2.75) is 82.8 Å². The zero-order valence-corrected chi connectivity index (χ0v) is 18.0. The summed E-state index contributed by atoms with van der Waals surface area (Å²) < 4.78 is 0. The molecule has 1 aromatic heterocycles. The second kappa shape index (κ2) is 5.95. The summed E-state index contributed by atoms with van der Waals surface area (Å²) in [6, 6.07) is 3.88. The first-order valence-corrected chi connectivity index (χ1v) is 11.9. The second-order valence-electron chi connectivity index (χ2n) is 10.7. The zero-order chi connectivity index (χ0) is 19.8. The Balaban J connectivity index is 1.46. The Morgan fingerprint density at radius 1 is 1.21 bits per heavy atom. The molecule has 4 fully saturated rings. The van der Waals surface area contributed by atoms with Gasteiger partial charge in [0, 0.05) is 5.54 Å². The standard InChI is InChI=1S/C24H33NO2S/c1-16-14-23-11-7-18-21(2,19(23)8-12-24(16,27)15-23)9-5-10-22(18,3)25-20(26)17-6-4-13-28-17/h4,6,13,18-19,27H,1,5,7-12,14-15H2,2-3H3,(H,25,26)/t18-,19-,21+,22+,23+,24-/m0/s1. The molecule has 3 nitrogen and oxygen atoms in total. The monoisotopic (exact) mass is 399 g/mol. The lowest BCUT2D eigenvalue weighted by molar-refractivity contribution is -0.148. The molecule has 4 heteroatoms. The van der Waals surface area contributed by atoms with Gasteiger partial charge in [-0.2, -0.15) is 0 Å². The van der Waals surface area contributed by atoms with Crippen LogP contribution in [0, 0.1) is 22.7 Å². The van der Waals surface area contributed by atoms with Gasteiger partial charge in [-0.05, 0) is 98.0 Å². The van der Waals surface area contributed by atoms with Crippen molar-refractivity contribution in [3.63, 3.8) is 0 Å². The fourth-order valence-electron chi connectivity index (χ4n) is 8.23. The predicted octanol–water partition coefficient (Wildman–Crippen LogP) is 5.31. The highest BCUT2D eigenvalue weighted by molar-refractivity contribution is 7.12. The van der Waals surface area contributed by atoms with Gasteiger partial charge < -0.3 is 10.4 Å². The van der Waals surface area contributed by atoms with E-state index in [2.05, 4.69) is 25.7 Å². The topological polar surface area (TPSA) is 49.3 Å². The van der Waals surface area contributed by atoms with Crippen LogP contribution >= 0.6 is 11.3 Å². The lowest BCUT2D eigenvalue weighted by atomic mass is 9.42. The summed E-state index contributed by atoms with van der Waals surface area (Å²) >= 11 is 1.52. The third kappa shape index (κ3) is 2.46. The maximum Gasteiger partial charge on any atom is 0.261 e. The summed E-state index contributed by atoms with van der Waals surface area (Å²) in [6.07, 6.45) is 9.72. The van der Waals surface area contributed by atoms with Crippen LogP contribution in [-0.4, -0.2) is 22.2 Å². The third-order valence-corrected chi connectivity index (χ3v) is 10.2. The van der Waals surface area contributed by atoms with E-state index < -0.39 is 5.60 Å². The molecule has 0 unspecified atom stereocenters. The molecular weight excluding hydrogens is 366 g/mol. The molecule has 4 aliphatic rings. The smallest absolute Gasteiger partial charge is 0.261 e. The van der Waals surface area contributed by atoms with E-state index >= 15 is 0 Å². The fraction of sp³-hybridized carbons (Fsp3) is 0.708. The highest BCUT2D eigenvalue weighted by Gasteiger charge is 2.66. The van der Waals surface area contributed by atoms with Crippen LogP contribution in [0.5, 0.6) is 0 Å². The van der Waals surface area contributed by atoms with E-state index in [9.17, 15) is 9.90 Å². The van der Waals surface area contributed by atoms with Gasteiger partial charge in [-0.25, -0.2) is 0 Å². The summed E-state index contributed by atoms with van der Waals surface area (Å²) in [5.41, 5.74) is 0.816. The first-order chi connectivity index (χ1) is 13.2. The van der Waals surface area contributed by atoms with Gasteiger partial charge in [-0.15, -0.1) is 11.3 Å². The Morgan fingerprint density at radius 2 is 2.00 bits per heavy atom. The number of carbonyl (C=O) groups is 1. The number of rotatable bonds is 2. The Kier molecular flexibility index (Phi) is 4.01. The maximum absolute atomic E-state index is 12.9. The summed E-state index contributed by atoms with van der Waals surface area (Å²) in [7, 11) is 0. The quantitative estimate of drug-likeness (QED) is 0.662. The number of aliphatic hydroxyl groups is 1. The van der Waals surface area contributed by atoms with Crippen LogP contribution in [0.3, 0.4) is 0 Å². The fourth-order valence-corrected chi connectivity index (χ4v) is 8.85. The van der Waals surface area contributed by atoms with Crippen LogP contribution < -0.4 is 5.32 Å². The van der Waals surface area contributed by atoms with Crippen molar-refractivity contribution >= 4 is 17.2 Å². The molecule has 6 atom stereocenters. The van der Waals surface area contributed by atoms with Crippen LogP contribution in [0.4, 0.5) is 0 Å². The highest BCUT2D eigenvalue weighted by Crippen LogP contribution is 2.71. The number of thiophene rings is 1. The van der Waals surface area contributed by atoms with Gasteiger partial charge in [0.2, 0.25) is 0 Å². The van der Waals surface area contributed by atoms with E-state index in [0.29, 0.717) is 11.8 Å². The molecular formula is C24H33NO2S. The van der Waals surface area contributed by atoms with Crippen molar-refractivity contribution in [1.29, 1.82) is 0 Å². The largest absolute Gasteiger partial charge is 0.386 e. The molecule has 4 saturated carbocycles. The van der Waals surface area contributed by atoms with Crippen molar-refractivity contribution in [2.75, 3.05) is 0 Å². The SMILES string of the molecule is C=C1C[C@@]23CC[C@H]4[C@@](C)(CCC[C@@]4(C)NC(=O)c4cccs4)[C@@H]2CC[C@]1(O)C3. The summed E-state index contributed by atoms with van der Waals surface area (Å²) in [6.45, 7) is 9.07. The van der Waals surface area contributed by atoms with Gasteiger partial charge in [0.15, 0.2) is 0 Å². The molecule has 0 aliphatic heterocycles. The highest BCUT2D eigenvalue weighted by atomic mass is 32.1. The van der Waals surface area contributed by atoms with Crippen LogP contribution in [0.1, 0.15) is 81.3 Å². The minimum absolute atomic E-state index is 0.0919. The van der Waals surface area contributed by atoms with E-state index in [0.717, 1.165) is 49.0 Å². The normalized spacial score (nSPS) is 47.3. The zero-order valence-electron chi connectivity index (χ0n) is 17.2. The Hall–Kier alpha value is -1.13. The van der Waals surface area contributed by atoms with E-state index in [1.165, 1.54) is 30.6 Å². The molecule has 1 heterocycles. The maximum atomic E-state index is 12.9. The molecule has 4 aliphatic carbocycles. The molecule has 5 rings (SSSR count). The second-order valence-corrected chi connectivity index (χ2v) is 11.7. The van der Waals surface area contributed by atoms with Crippen molar-refractivity contribution < 1.29 is 9.90 Å². The van der Waals surface area contributed by atoms with Crippen LogP contribution in [0.15, 0.2) is 29.7 Å². The van der Waals surface area contributed by atoms with Gasteiger partial charge in [0.1, 0.15) is 0 Å². The number of carbonyl (C=O) groups excluding carboxylic acids is 1. The lowest BCUT2D eigenvalue weighted by Gasteiger charge is -2.64. The predicted molar refractivity (Wildman–Crippen MR) is 113 cm³/mol. The minimum Gasteiger partial charge on any atom is -0.386 e. The van der Waals surface area contributed by atoms with Gasteiger partial charge >= 0.3 is 0 Å². The molecule has 152 valence electrons. The van der Waals surface area contributed by atoms with E-state index in [1.807, 2.05) is 17.5 Å². The van der Waals surface area contributed by atoms with Gasteiger partial charge in [0.05, 0.1) is 10.5 Å². The summed E-state index contributed by atoms with van der Waals surface area (Å²) in [5.74, 6) is 1.24. The average Bonchev–Trinajstić information content (AvgIpc) is 3.20. The third-order valence-electron chi connectivity index (χ3n) is 9.30. The Morgan fingerprint density at radius 3 is 2.75 bits per heavy atom. The molecule has 0 aromatic carbocycles. The van der Waals surface area contributed by atoms with Crippen LogP contribution in [-0.2, 0) is 0 Å². The van der Waals surface area contributed by atoms with Gasteiger partial charge in [-0.3, -0.25) is 4.79 Å².